The zero-order chi connectivity index (χ0) is 20.5. The Morgan fingerprint density at radius 1 is 1.07 bits per heavy atom. The summed E-state index contributed by atoms with van der Waals surface area (Å²) in [6.45, 7) is 0.567. The topological polar surface area (TPSA) is 48.4 Å². The molecule has 2 aliphatic rings. The molecule has 1 fully saturated rings. The van der Waals surface area contributed by atoms with E-state index in [0.717, 1.165) is 36.9 Å². The average molecular weight is 402 g/mol. The summed E-state index contributed by atoms with van der Waals surface area (Å²) in [5.74, 6) is 1.30. The Morgan fingerprint density at radius 3 is 2.70 bits per heavy atom. The fraction of sp³-hybridized carbons (Fsp3) is 0.385. The highest BCUT2D eigenvalue weighted by Crippen LogP contribution is 2.42. The highest BCUT2D eigenvalue weighted by molar-refractivity contribution is 5.83. The lowest BCUT2D eigenvalue weighted by molar-refractivity contribution is -0.142. The van der Waals surface area contributed by atoms with Crippen LogP contribution in [0.4, 0.5) is 0 Å². The zero-order valence-electron chi connectivity index (χ0n) is 17.4. The zero-order valence-corrected chi connectivity index (χ0v) is 17.4. The first-order valence-corrected chi connectivity index (χ1v) is 10.9. The molecule has 30 heavy (non-hydrogen) atoms. The van der Waals surface area contributed by atoms with Gasteiger partial charge in [-0.25, -0.2) is 0 Å². The Balaban J connectivity index is 1.30. The number of para-hydroxylation sites is 1. The largest absolute Gasteiger partial charge is 0.489 e. The number of methoxy groups -OCH3 is 1. The van der Waals surface area contributed by atoms with Crippen molar-refractivity contribution in [3.8, 4) is 5.75 Å². The van der Waals surface area contributed by atoms with Gasteiger partial charge in [-0.3, -0.25) is 9.78 Å². The molecule has 0 aliphatic heterocycles. The fourth-order valence-electron chi connectivity index (χ4n) is 4.73. The molecule has 1 heterocycles. The van der Waals surface area contributed by atoms with Gasteiger partial charge in [-0.2, -0.15) is 0 Å². The summed E-state index contributed by atoms with van der Waals surface area (Å²) in [5.41, 5.74) is 6.23. The van der Waals surface area contributed by atoms with Crippen LogP contribution in [0.3, 0.4) is 0 Å². The molecule has 2 aromatic carbocycles. The lowest BCUT2D eigenvalue weighted by atomic mass is 9.90. The van der Waals surface area contributed by atoms with Gasteiger partial charge in [0, 0.05) is 16.6 Å². The number of hydrogen-bond acceptors (Lipinski definition) is 4. The first kappa shape index (κ1) is 19.1. The second-order valence-corrected chi connectivity index (χ2v) is 8.50. The van der Waals surface area contributed by atoms with E-state index in [1.54, 1.807) is 0 Å². The van der Waals surface area contributed by atoms with Crippen LogP contribution in [0.15, 0.2) is 48.5 Å². The third-order valence-corrected chi connectivity index (χ3v) is 6.52. The van der Waals surface area contributed by atoms with Crippen LogP contribution in [0.25, 0.3) is 10.9 Å². The second-order valence-electron chi connectivity index (χ2n) is 8.50. The minimum absolute atomic E-state index is 0.0761. The van der Waals surface area contributed by atoms with Gasteiger partial charge in [-0.15, -0.1) is 0 Å². The van der Waals surface area contributed by atoms with Crippen molar-refractivity contribution < 1.29 is 14.3 Å². The number of ether oxygens (including phenoxy) is 2. The van der Waals surface area contributed by atoms with Gasteiger partial charge in [0.05, 0.1) is 18.5 Å². The molecule has 0 bridgehead atoms. The minimum Gasteiger partial charge on any atom is -0.489 e. The van der Waals surface area contributed by atoms with Crippen LogP contribution in [-0.2, 0) is 35.4 Å². The summed E-state index contributed by atoms with van der Waals surface area (Å²) in [4.78, 5) is 16.5. The Labute approximate surface area is 177 Å². The van der Waals surface area contributed by atoms with E-state index in [2.05, 4.69) is 36.4 Å². The average Bonchev–Trinajstić information content (AvgIpc) is 3.56. The monoisotopic (exact) mass is 401 g/mol. The number of esters is 1. The number of aromatic nitrogens is 1. The summed E-state index contributed by atoms with van der Waals surface area (Å²) in [7, 11) is 1.47. The van der Waals surface area contributed by atoms with Gasteiger partial charge in [0.2, 0.25) is 0 Å². The normalized spacial score (nSPS) is 19.9. The van der Waals surface area contributed by atoms with Gasteiger partial charge in [0.15, 0.2) is 0 Å². The summed E-state index contributed by atoms with van der Waals surface area (Å²) >= 11 is 0. The van der Waals surface area contributed by atoms with Crippen LogP contribution in [0.2, 0.25) is 0 Å². The molecule has 0 saturated heterocycles. The molecular weight excluding hydrogens is 374 g/mol. The maximum atomic E-state index is 11.6. The number of pyridine rings is 1. The number of nitrogens with zero attached hydrogens (tertiary/aromatic N) is 1. The van der Waals surface area contributed by atoms with Gasteiger partial charge in [-0.05, 0) is 73.8 Å². The number of fused-ring (bicyclic) bond motifs is 2. The van der Waals surface area contributed by atoms with E-state index in [1.807, 2.05) is 12.1 Å². The number of carbonyl (C=O) groups is 1. The predicted molar refractivity (Wildman–Crippen MR) is 116 cm³/mol. The van der Waals surface area contributed by atoms with Crippen molar-refractivity contribution in [2.75, 3.05) is 7.11 Å². The van der Waals surface area contributed by atoms with E-state index in [0.29, 0.717) is 12.5 Å². The summed E-state index contributed by atoms with van der Waals surface area (Å²) in [5, 5.41) is 1.21. The van der Waals surface area contributed by atoms with Crippen molar-refractivity contribution in [1.29, 1.82) is 0 Å². The Bertz CT molecular complexity index is 1070. The SMILES string of the molecule is COC(=O)[C@H]1C[C@H]1Cc1ccc(OCc2c3c(nc4ccccc24)CCCC3)cc1. The van der Waals surface area contributed by atoms with E-state index < -0.39 is 0 Å². The molecule has 4 heteroatoms. The maximum Gasteiger partial charge on any atom is 0.308 e. The lowest BCUT2D eigenvalue weighted by Gasteiger charge is -2.21. The number of benzene rings is 2. The van der Waals surface area contributed by atoms with Crippen molar-refractivity contribution in [1.82, 2.24) is 4.98 Å². The molecule has 5 rings (SSSR count). The van der Waals surface area contributed by atoms with Crippen LogP contribution in [-0.4, -0.2) is 18.1 Å². The molecule has 0 amide bonds. The second kappa shape index (κ2) is 8.10. The number of rotatable bonds is 6. The quantitative estimate of drug-likeness (QED) is 0.543. The van der Waals surface area contributed by atoms with E-state index in [9.17, 15) is 4.79 Å². The lowest BCUT2D eigenvalue weighted by Crippen LogP contribution is -2.11. The van der Waals surface area contributed by atoms with Crippen LogP contribution in [0, 0.1) is 11.8 Å². The summed E-state index contributed by atoms with van der Waals surface area (Å²) < 4.78 is 11.1. The van der Waals surface area contributed by atoms with E-state index >= 15 is 0 Å². The molecule has 0 unspecified atom stereocenters. The molecule has 154 valence electrons. The van der Waals surface area contributed by atoms with Crippen molar-refractivity contribution in [3.63, 3.8) is 0 Å². The van der Waals surface area contributed by atoms with E-state index in [-0.39, 0.29) is 11.9 Å². The first-order valence-electron chi connectivity index (χ1n) is 10.9. The molecule has 2 atom stereocenters. The molecule has 4 nitrogen and oxygen atoms in total. The first-order chi connectivity index (χ1) is 14.7. The van der Waals surface area contributed by atoms with Crippen molar-refractivity contribution in [2.24, 2.45) is 11.8 Å². The molecule has 0 radical (unpaired) electrons. The molecule has 1 saturated carbocycles. The smallest absolute Gasteiger partial charge is 0.308 e. The Hall–Kier alpha value is -2.88. The van der Waals surface area contributed by atoms with E-state index in [4.69, 9.17) is 14.5 Å². The fourth-order valence-corrected chi connectivity index (χ4v) is 4.73. The molecular formula is C26H27NO3. The van der Waals surface area contributed by atoms with Crippen LogP contribution >= 0.6 is 0 Å². The number of carbonyl (C=O) groups excluding carboxylic acids is 1. The molecule has 0 spiro atoms. The van der Waals surface area contributed by atoms with Gasteiger partial charge >= 0.3 is 5.97 Å². The maximum absolute atomic E-state index is 11.6. The van der Waals surface area contributed by atoms with Gasteiger partial charge in [0.25, 0.3) is 0 Å². The highest BCUT2D eigenvalue weighted by Gasteiger charge is 2.43. The minimum atomic E-state index is -0.0761. The highest BCUT2D eigenvalue weighted by atomic mass is 16.5. The summed E-state index contributed by atoms with van der Waals surface area (Å²) in [6.07, 6.45) is 6.46. The van der Waals surface area contributed by atoms with E-state index in [1.165, 1.54) is 47.7 Å². The number of aryl methyl sites for hydroxylation is 1. The van der Waals surface area contributed by atoms with Gasteiger partial charge in [0.1, 0.15) is 12.4 Å². The van der Waals surface area contributed by atoms with Crippen LogP contribution in [0.5, 0.6) is 5.75 Å². The van der Waals surface area contributed by atoms with Crippen molar-refractivity contribution >= 4 is 16.9 Å². The third-order valence-electron chi connectivity index (χ3n) is 6.52. The van der Waals surface area contributed by atoms with Gasteiger partial charge in [-0.1, -0.05) is 30.3 Å². The van der Waals surface area contributed by atoms with Crippen molar-refractivity contribution in [3.05, 3.63) is 70.9 Å². The molecule has 3 aromatic rings. The molecule has 1 aromatic heterocycles. The van der Waals surface area contributed by atoms with Gasteiger partial charge < -0.3 is 9.47 Å². The van der Waals surface area contributed by atoms with Crippen LogP contribution in [0.1, 0.15) is 41.6 Å². The Kier molecular flexibility index (Phi) is 5.16. The molecule has 0 N–H and O–H groups in total. The standard InChI is InChI=1S/C26H27NO3/c1-29-26(28)22-15-18(22)14-17-10-12-19(13-11-17)30-16-23-20-6-2-4-8-24(20)27-25-9-5-3-7-21(23)25/h2,4,6,8,10-13,18,22H,3,5,7,9,14-16H2,1H3/t18-,22+/m1/s1. The molecule has 2 aliphatic carbocycles. The predicted octanol–water partition coefficient (Wildman–Crippen LogP) is 5.04. The summed E-state index contributed by atoms with van der Waals surface area (Å²) in [6, 6.07) is 16.7. The third kappa shape index (κ3) is 3.79. The number of hydrogen-bond donors (Lipinski definition) is 0. The van der Waals surface area contributed by atoms with Crippen LogP contribution < -0.4 is 4.74 Å². The van der Waals surface area contributed by atoms with Crippen molar-refractivity contribution in [2.45, 2.75) is 45.1 Å². The Morgan fingerprint density at radius 2 is 1.87 bits per heavy atom.